The Balaban J connectivity index is 2.88. The van der Waals surface area contributed by atoms with Crippen molar-refractivity contribution in [3.05, 3.63) is 18.3 Å². The summed E-state index contributed by atoms with van der Waals surface area (Å²) in [7, 11) is -4.14. The average molecular weight is 256 g/mol. The fraction of sp³-hybridized carbons (Fsp3) is 0.500. The van der Waals surface area contributed by atoms with Crippen LogP contribution < -0.4 is 4.72 Å². The standard InChI is InChI=1S/C8H11F3N2O2S/c1-2-6(8(9,10)11)13-16(14,15)7-4-3-5-12-7/h3-6,12-13H,2H2,1H3/t6-/m0/s1. The number of hydrogen-bond donors (Lipinski definition) is 2. The third-order valence-electron chi connectivity index (χ3n) is 1.96. The van der Waals surface area contributed by atoms with Crippen LogP contribution in [0.1, 0.15) is 13.3 Å². The highest BCUT2D eigenvalue weighted by Crippen LogP contribution is 2.23. The summed E-state index contributed by atoms with van der Waals surface area (Å²) in [6.45, 7) is 1.26. The molecule has 0 aliphatic heterocycles. The van der Waals surface area contributed by atoms with E-state index in [1.165, 1.54) is 25.3 Å². The minimum absolute atomic E-state index is 0.282. The van der Waals surface area contributed by atoms with E-state index in [0.717, 1.165) is 0 Å². The summed E-state index contributed by atoms with van der Waals surface area (Å²) in [6, 6.07) is 0.509. The van der Waals surface area contributed by atoms with Gasteiger partial charge in [0, 0.05) is 6.20 Å². The van der Waals surface area contributed by atoms with E-state index >= 15 is 0 Å². The van der Waals surface area contributed by atoms with Crippen LogP contribution in [0.2, 0.25) is 0 Å². The van der Waals surface area contributed by atoms with Crippen LogP contribution in [0.3, 0.4) is 0 Å². The van der Waals surface area contributed by atoms with Crippen molar-refractivity contribution in [2.75, 3.05) is 0 Å². The third kappa shape index (κ3) is 2.99. The van der Waals surface area contributed by atoms with Crippen LogP contribution in [0, 0.1) is 0 Å². The summed E-state index contributed by atoms with van der Waals surface area (Å²) >= 11 is 0. The normalized spacial score (nSPS) is 15.0. The maximum absolute atomic E-state index is 12.4. The van der Waals surface area contributed by atoms with Crippen molar-refractivity contribution in [2.45, 2.75) is 30.6 Å². The molecule has 1 heterocycles. The lowest BCUT2D eigenvalue weighted by Gasteiger charge is -2.19. The smallest absolute Gasteiger partial charge is 0.351 e. The van der Waals surface area contributed by atoms with Crippen LogP contribution >= 0.6 is 0 Å². The molecule has 0 radical (unpaired) electrons. The first kappa shape index (κ1) is 13.0. The number of aromatic amines is 1. The molecule has 1 aromatic rings. The number of halogens is 3. The molecule has 2 N–H and O–H groups in total. The summed E-state index contributed by atoms with van der Waals surface area (Å²) in [5.41, 5.74) is 0. The number of sulfonamides is 1. The van der Waals surface area contributed by atoms with Crippen molar-refractivity contribution >= 4 is 10.0 Å². The van der Waals surface area contributed by atoms with E-state index in [4.69, 9.17) is 0 Å². The number of alkyl halides is 3. The van der Waals surface area contributed by atoms with Gasteiger partial charge in [-0.1, -0.05) is 6.92 Å². The molecule has 16 heavy (non-hydrogen) atoms. The van der Waals surface area contributed by atoms with E-state index in [1.54, 1.807) is 4.72 Å². The molecule has 0 aliphatic carbocycles. The number of hydrogen-bond acceptors (Lipinski definition) is 2. The first-order valence-corrected chi connectivity index (χ1v) is 5.98. The van der Waals surface area contributed by atoms with Crippen LogP contribution in [0.25, 0.3) is 0 Å². The van der Waals surface area contributed by atoms with Crippen molar-refractivity contribution in [3.63, 3.8) is 0 Å². The Morgan fingerprint density at radius 3 is 2.50 bits per heavy atom. The summed E-state index contributed by atoms with van der Waals surface area (Å²) in [6.07, 6.45) is -3.62. The lowest BCUT2D eigenvalue weighted by Crippen LogP contribution is -2.44. The van der Waals surface area contributed by atoms with Crippen LogP contribution in [0.4, 0.5) is 13.2 Å². The molecule has 0 aliphatic rings. The largest absolute Gasteiger partial charge is 0.404 e. The van der Waals surface area contributed by atoms with E-state index in [2.05, 4.69) is 4.98 Å². The van der Waals surface area contributed by atoms with Crippen molar-refractivity contribution in [1.29, 1.82) is 0 Å². The molecule has 1 rings (SSSR count). The van der Waals surface area contributed by atoms with Gasteiger partial charge >= 0.3 is 6.18 Å². The number of aromatic nitrogens is 1. The number of H-pyrrole nitrogens is 1. The van der Waals surface area contributed by atoms with Crippen LogP contribution in [0.15, 0.2) is 23.4 Å². The van der Waals surface area contributed by atoms with Crippen molar-refractivity contribution in [1.82, 2.24) is 9.71 Å². The maximum atomic E-state index is 12.4. The van der Waals surface area contributed by atoms with Gasteiger partial charge in [0.2, 0.25) is 0 Å². The average Bonchev–Trinajstić information content (AvgIpc) is 2.65. The predicted octanol–water partition coefficient (Wildman–Crippen LogP) is 1.63. The Labute approximate surface area is 90.9 Å². The zero-order valence-electron chi connectivity index (χ0n) is 8.38. The summed E-state index contributed by atoms with van der Waals surface area (Å²) in [5, 5.41) is -0.282. The van der Waals surface area contributed by atoms with Gasteiger partial charge in [0.1, 0.15) is 11.1 Å². The molecule has 0 saturated heterocycles. The molecular formula is C8H11F3N2O2S. The minimum atomic E-state index is -4.59. The Bertz CT molecular complexity index is 425. The predicted molar refractivity (Wildman–Crippen MR) is 51.2 cm³/mol. The fourth-order valence-electron chi connectivity index (χ4n) is 1.11. The van der Waals surface area contributed by atoms with Crippen LogP contribution in [0.5, 0.6) is 0 Å². The van der Waals surface area contributed by atoms with Gasteiger partial charge in [0.25, 0.3) is 10.0 Å². The monoisotopic (exact) mass is 256 g/mol. The van der Waals surface area contributed by atoms with Gasteiger partial charge in [-0.3, -0.25) is 0 Å². The highest BCUT2D eigenvalue weighted by atomic mass is 32.2. The van der Waals surface area contributed by atoms with Gasteiger partial charge in [-0.25, -0.2) is 8.42 Å². The van der Waals surface area contributed by atoms with E-state index in [1.807, 2.05) is 0 Å². The van der Waals surface area contributed by atoms with E-state index in [9.17, 15) is 21.6 Å². The van der Waals surface area contributed by atoms with Crippen LogP contribution in [-0.2, 0) is 10.0 Å². The van der Waals surface area contributed by atoms with Crippen molar-refractivity contribution in [3.8, 4) is 0 Å². The molecule has 0 bridgehead atoms. The molecule has 0 unspecified atom stereocenters. The van der Waals surface area contributed by atoms with Gasteiger partial charge in [-0.05, 0) is 18.6 Å². The zero-order valence-corrected chi connectivity index (χ0v) is 9.19. The first-order chi connectivity index (χ1) is 7.27. The molecule has 1 aromatic heterocycles. The molecular weight excluding hydrogens is 245 g/mol. The van der Waals surface area contributed by atoms with Gasteiger partial charge < -0.3 is 4.98 Å². The second-order valence-corrected chi connectivity index (χ2v) is 4.84. The molecule has 1 atom stereocenters. The second kappa shape index (κ2) is 4.46. The molecule has 0 amide bonds. The van der Waals surface area contributed by atoms with Gasteiger partial charge in [-0.15, -0.1) is 0 Å². The third-order valence-corrected chi connectivity index (χ3v) is 3.39. The SMILES string of the molecule is CC[C@H](NS(=O)(=O)c1ccc[nH]1)C(F)(F)F. The Hall–Kier alpha value is -1.02. The Kier molecular flexibility index (Phi) is 3.64. The highest BCUT2D eigenvalue weighted by Gasteiger charge is 2.41. The topological polar surface area (TPSA) is 62.0 Å². The van der Waals surface area contributed by atoms with E-state index in [-0.39, 0.29) is 11.4 Å². The number of nitrogens with one attached hydrogen (secondary N) is 2. The highest BCUT2D eigenvalue weighted by molar-refractivity contribution is 7.89. The number of rotatable bonds is 4. The quantitative estimate of drug-likeness (QED) is 0.860. The van der Waals surface area contributed by atoms with Crippen molar-refractivity contribution < 1.29 is 21.6 Å². The maximum Gasteiger partial charge on any atom is 0.404 e. The molecule has 0 saturated carbocycles. The molecule has 0 spiro atoms. The van der Waals surface area contributed by atoms with Crippen LogP contribution in [-0.4, -0.2) is 25.6 Å². The summed E-state index contributed by atoms with van der Waals surface area (Å²) in [5.74, 6) is 0. The fourth-order valence-corrected chi connectivity index (χ4v) is 2.40. The van der Waals surface area contributed by atoms with Gasteiger partial charge in [0.05, 0.1) is 0 Å². The molecule has 4 nitrogen and oxygen atoms in total. The van der Waals surface area contributed by atoms with Gasteiger partial charge in [0.15, 0.2) is 0 Å². The lowest BCUT2D eigenvalue weighted by atomic mass is 10.2. The molecule has 0 aromatic carbocycles. The second-order valence-electron chi connectivity index (χ2n) is 3.16. The Morgan fingerprint density at radius 2 is 2.12 bits per heavy atom. The molecule has 8 heteroatoms. The molecule has 0 fully saturated rings. The van der Waals surface area contributed by atoms with E-state index < -0.39 is 22.2 Å². The summed E-state index contributed by atoms with van der Waals surface area (Å²) < 4.78 is 61.6. The lowest BCUT2D eigenvalue weighted by molar-refractivity contribution is -0.151. The van der Waals surface area contributed by atoms with E-state index in [0.29, 0.717) is 0 Å². The van der Waals surface area contributed by atoms with Gasteiger partial charge in [-0.2, -0.15) is 17.9 Å². The molecule has 92 valence electrons. The summed E-state index contributed by atoms with van der Waals surface area (Å²) in [4.78, 5) is 2.34. The first-order valence-electron chi connectivity index (χ1n) is 4.50. The minimum Gasteiger partial charge on any atom is -0.351 e. The van der Waals surface area contributed by atoms with Crippen molar-refractivity contribution in [2.24, 2.45) is 0 Å². The zero-order chi connectivity index (χ0) is 12.4. The Morgan fingerprint density at radius 1 is 1.50 bits per heavy atom.